The van der Waals surface area contributed by atoms with E-state index in [9.17, 15) is 5.11 Å². The Hall–Kier alpha value is -2.01. The van der Waals surface area contributed by atoms with Gasteiger partial charge in [-0.15, -0.1) is 0 Å². The Kier molecular flexibility index (Phi) is 5.33. The molecule has 0 amide bonds. The van der Waals surface area contributed by atoms with Crippen LogP contribution in [0.15, 0.2) is 54.6 Å². The molecule has 3 atom stereocenters. The number of benzene rings is 2. The number of phenols is 1. The minimum absolute atomic E-state index is 0.0497. The molecule has 4 nitrogen and oxygen atoms in total. The van der Waals surface area contributed by atoms with Gasteiger partial charge in [0.15, 0.2) is 0 Å². The van der Waals surface area contributed by atoms with Crippen molar-refractivity contribution in [3.8, 4) is 11.5 Å². The van der Waals surface area contributed by atoms with Crippen LogP contribution >= 0.6 is 11.6 Å². The minimum atomic E-state index is -0.0497. The van der Waals surface area contributed by atoms with Crippen LogP contribution in [0.2, 0.25) is 5.02 Å². The van der Waals surface area contributed by atoms with E-state index in [1.54, 1.807) is 6.07 Å². The molecular weight excluding hydrogens is 336 g/mol. The lowest BCUT2D eigenvalue weighted by atomic mass is 9.84. The summed E-state index contributed by atoms with van der Waals surface area (Å²) in [4.78, 5) is 0. The Morgan fingerprint density at radius 2 is 1.92 bits per heavy atom. The molecule has 2 aromatic carbocycles. The summed E-state index contributed by atoms with van der Waals surface area (Å²) in [5.74, 6) is 1.02. The average molecular weight is 359 g/mol. The SMILES string of the molecule is C=C(C)COc1ccc(C2NNC(C)C2c2ccc(Cl)cc2)c(O)c1. The molecule has 1 fully saturated rings. The standard InChI is InChI=1S/C20H23ClN2O2/c1-12(2)11-25-16-8-9-17(18(24)10-16)20-19(13(3)22-23-20)14-4-6-15(21)7-5-14/h4-10,13,19-20,22-24H,1,11H2,2-3H3. The van der Waals surface area contributed by atoms with Crippen molar-refractivity contribution in [1.82, 2.24) is 10.9 Å². The fraction of sp³-hybridized carbons (Fsp3) is 0.300. The van der Waals surface area contributed by atoms with Gasteiger partial charge in [-0.25, -0.2) is 5.43 Å². The summed E-state index contributed by atoms with van der Waals surface area (Å²) in [7, 11) is 0. The Bertz CT molecular complexity index is 761. The predicted molar refractivity (Wildman–Crippen MR) is 101 cm³/mol. The molecular formula is C20H23ClN2O2. The third-order valence-electron chi connectivity index (χ3n) is 4.44. The molecule has 0 aromatic heterocycles. The van der Waals surface area contributed by atoms with E-state index < -0.39 is 0 Å². The number of rotatable bonds is 5. The van der Waals surface area contributed by atoms with Gasteiger partial charge < -0.3 is 9.84 Å². The summed E-state index contributed by atoms with van der Waals surface area (Å²) in [6.45, 7) is 8.27. The molecule has 1 saturated heterocycles. The number of aromatic hydroxyl groups is 1. The summed E-state index contributed by atoms with van der Waals surface area (Å²) in [6, 6.07) is 13.5. The zero-order valence-corrected chi connectivity index (χ0v) is 15.2. The van der Waals surface area contributed by atoms with E-state index >= 15 is 0 Å². The number of ether oxygens (including phenoxy) is 1. The Balaban J connectivity index is 1.86. The highest BCUT2D eigenvalue weighted by Gasteiger charge is 2.36. The summed E-state index contributed by atoms with van der Waals surface area (Å²) in [5, 5.41) is 11.2. The van der Waals surface area contributed by atoms with Crippen molar-refractivity contribution >= 4 is 11.6 Å². The minimum Gasteiger partial charge on any atom is -0.507 e. The molecule has 1 aliphatic rings. The van der Waals surface area contributed by atoms with Crippen LogP contribution in [0.5, 0.6) is 11.5 Å². The van der Waals surface area contributed by atoms with E-state index in [-0.39, 0.29) is 23.8 Å². The van der Waals surface area contributed by atoms with Gasteiger partial charge in [-0.3, -0.25) is 5.43 Å². The van der Waals surface area contributed by atoms with Crippen LogP contribution in [0.1, 0.15) is 36.9 Å². The fourth-order valence-corrected chi connectivity index (χ4v) is 3.34. The quantitative estimate of drug-likeness (QED) is 0.697. The molecule has 3 rings (SSSR count). The largest absolute Gasteiger partial charge is 0.507 e. The van der Waals surface area contributed by atoms with E-state index in [4.69, 9.17) is 16.3 Å². The third kappa shape index (κ3) is 3.98. The van der Waals surface area contributed by atoms with E-state index in [1.807, 2.05) is 43.3 Å². The van der Waals surface area contributed by atoms with Crippen molar-refractivity contribution in [3.63, 3.8) is 0 Å². The van der Waals surface area contributed by atoms with Gasteiger partial charge in [0.2, 0.25) is 0 Å². The molecule has 0 aliphatic carbocycles. The maximum Gasteiger partial charge on any atom is 0.124 e. The third-order valence-corrected chi connectivity index (χ3v) is 4.69. The zero-order chi connectivity index (χ0) is 18.0. The topological polar surface area (TPSA) is 53.5 Å². The van der Waals surface area contributed by atoms with Crippen molar-refractivity contribution < 1.29 is 9.84 Å². The molecule has 3 unspecified atom stereocenters. The van der Waals surface area contributed by atoms with Gasteiger partial charge in [-0.2, -0.15) is 0 Å². The van der Waals surface area contributed by atoms with Gasteiger partial charge in [0.25, 0.3) is 0 Å². The molecule has 3 N–H and O–H groups in total. The number of hydrogen-bond acceptors (Lipinski definition) is 4. The highest BCUT2D eigenvalue weighted by Crippen LogP contribution is 2.41. The van der Waals surface area contributed by atoms with E-state index in [1.165, 1.54) is 5.56 Å². The predicted octanol–water partition coefficient (Wildman–Crippen LogP) is 4.32. The summed E-state index contributed by atoms with van der Waals surface area (Å²) < 4.78 is 5.60. The normalized spacial score (nSPS) is 22.8. The van der Waals surface area contributed by atoms with E-state index in [0.29, 0.717) is 17.4 Å². The van der Waals surface area contributed by atoms with Gasteiger partial charge in [0.1, 0.15) is 18.1 Å². The number of nitrogens with one attached hydrogen (secondary N) is 2. The first-order valence-corrected chi connectivity index (χ1v) is 8.70. The van der Waals surface area contributed by atoms with Gasteiger partial charge >= 0.3 is 0 Å². The maximum absolute atomic E-state index is 10.5. The Morgan fingerprint density at radius 3 is 2.56 bits per heavy atom. The first kappa shape index (κ1) is 17.8. The molecule has 0 bridgehead atoms. The molecule has 0 spiro atoms. The van der Waals surface area contributed by atoms with E-state index in [0.717, 1.165) is 11.1 Å². The lowest BCUT2D eigenvalue weighted by molar-refractivity contribution is 0.348. The highest BCUT2D eigenvalue weighted by atomic mass is 35.5. The van der Waals surface area contributed by atoms with Gasteiger partial charge in [-0.05, 0) is 43.2 Å². The second-order valence-corrected chi connectivity index (χ2v) is 7.04. The first-order valence-electron chi connectivity index (χ1n) is 8.32. The van der Waals surface area contributed by atoms with Crippen LogP contribution in [0.3, 0.4) is 0 Å². The van der Waals surface area contributed by atoms with Gasteiger partial charge in [0, 0.05) is 28.6 Å². The van der Waals surface area contributed by atoms with Gasteiger partial charge in [-0.1, -0.05) is 36.4 Å². The van der Waals surface area contributed by atoms with Crippen LogP contribution in [0, 0.1) is 0 Å². The van der Waals surface area contributed by atoms with Crippen molar-refractivity contribution in [3.05, 3.63) is 70.8 Å². The maximum atomic E-state index is 10.5. The average Bonchev–Trinajstić information content (AvgIpc) is 2.95. The fourth-order valence-electron chi connectivity index (χ4n) is 3.21. The molecule has 1 heterocycles. The Labute approximate surface area is 153 Å². The number of hydrazine groups is 1. The van der Waals surface area contributed by atoms with Crippen molar-refractivity contribution in [2.45, 2.75) is 31.8 Å². The van der Waals surface area contributed by atoms with Crippen molar-refractivity contribution in [2.75, 3.05) is 6.61 Å². The van der Waals surface area contributed by atoms with Crippen LogP contribution in [-0.4, -0.2) is 17.8 Å². The van der Waals surface area contributed by atoms with Crippen LogP contribution in [-0.2, 0) is 0 Å². The van der Waals surface area contributed by atoms with E-state index in [2.05, 4.69) is 24.4 Å². The molecule has 25 heavy (non-hydrogen) atoms. The molecule has 2 aromatic rings. The molecule has 1 aliphatic heterocycles. The summed E-state index contributed by atoms with van der Waals surface area (Å²) >= 11 is 6.01. The monoisotopic (exact) mass is 358 g/mol. The second kappa shape index (κ2) is 7.48. The van der Waals surface area contributed by atoms with Crippen molar-refractivity contribution in [1.29, 1.82) is 0 Å². The smallest absolute Gasteiger partial charge is 0.124 e. The zero-order valence-electron chi connectivity index (χ0n) is 14.4. The summed E-state index contributed by atoms with van der Waals surface area (Å²) in [5.41, 5.74) is 9.51. The number of hydrogen-bond donors (Lipinski definition) is 3. The molecule has 0 saturated carbocycles. The van der Waals surface area contributed by atoms with Crippen LogP contribution < -0.4 is 15.6 Å². The summed E-state index contributed by atoms with van der Waals surface area (Å²) in [6.07, 6.45) is 0. The lowest BCUT2D eigenvalue weighted by Crippen LogP contribution is -2.29. The van der Waals surface area contributed by atoms with Crippen LogP contribution in [0.4, 0.5) is 0 Å². The highest BCUT2D eigenvalue weighted by molar-refractivity contribution is 6.30. The molecule has 0 radical (unpaired) electrons. The van der Waals surface area contributed by atoms with Gasteiger partial charge in [0.05, 0.1) is 6.04 Å². The number of phenolic OH excluding ortho intramolecular Hbond substituents is 1. The number of halogens is 1. The van der Waals surface area contributed by atoms with Crippen molar-refractivity contribution in [2.24, 2.45) is 0 Å². The first-order chi connectivity index (χ1) is 12.0. The van der Waals surface area contributed by atoms with Crippen LogP contribution in [0.25, 0.3) is 0 Å². The second-order valence-electron chi connectivity index (χ2n) is 6.60. The molecule has 5 heteroatoms. The lowest BCUT2D eigenvalue weighted by Gasteiger charge is -2.23. The molecule has 132 valence electrons. The Morgan fingerprint density at radius 1 is 1.20 bits per heavy atom.